The van der Waals surface area contributed by atoms with E-state index in [2.05, 4.69) is 4.72 Å². The van der Waals surface area contributed by atoms with Gasteiger partial charge in [-0.3, -0.25) is 0 Å². The lowest BCUT2D eigenvalue weighted by Gasteiger charge is -2.26. The average molecular weight is 415 g/mol. The van der Waals surface area contributed by atoms with Crippen LogP contribution < -0.4 is 4.72 Å². The van der Waals surface area contributed by atoms with Crippen LogP contribution >= 0.6 is 0 Å². The molecule has 0 bridgehead atoms. The first-order valence-corrected chi connectivity index (χ1v) is 9.60. The molecule has 1 N–H and O–H groups in total. The van der Waals surface area contributed by atoms with Gasteiger partial charge in [-0.1, -0.05) is 29.8 Å². The smallest absolute Gasteiger partial charge is 0.430 e. The topological polar surface area (TPSA) is 81.7 Å². The van der Waals surface area contributed by atoms with E-state index in [1.807, 2.05) is 0 Å². The lowest BCUT2D eigenvalue weighted by atomic mass is 9.94. The molecule has 2 aromatic carbocycles. The lowest BCUT2D eigenvalue weighted by Crippen LogP contribution is -2.42. The van der Waals surface area contributed by atoms with Crippen molar-refractivity contribution >= 4 is 16.2 Å². The molecule has 1 aliphatic rings. The number of sulfonamides is 1. The molecule has 1 fully saturated rings. The van der Waals surface area contributed by atoms with Gasteiger partial charge in [0.15, 0.2) is 5.60 Å². The Hall–Kier alpha value is -2.59. The Morgan fingerprint density at radius 3 is 2.18 bits per heavy atom. The van der Waals surface area contributed by atoms with Crippen molar-refractivity contribution in [1.82, 2.24) is 4.72 Å². The van der Waals surface area contributed by atoms with Gasteiger partial charge in [0.05, 0.1) is 17.0 Å². The summed E-state index contributed by atoms with van der Waals surface area (Å²) in [6.07, 6.45) is -5.56. The minimum Gasteiger partial charge on any atom is -0.430 e. The van der Waals surface area contributed by atoms with E-state index < -0.39 is 40.1 Å². The van der Waals surface area contributed by atoms with E-state index in [4.69, 9.17) is 9.47 Å². The van der Waals surface area contributed by atoms with Gasteiger partial charge in [-0.15, -0.1) is 0 Å². The van der Waals surface area contributed by atoms with E-state index in [1.54, 1.807) is 19.1 Å². The number of carbonyl (C=O) groups is 1. The normalized spacial score (nSPS) is 19.9. The van der Waals surface area contributed by atoms with Crippen molar-refractivity contribution < 1.29 is 35.9 Å². The van der Waals surface area contributed by atoms with Gasteiger partial charge < -0.3 is 9.47 Å². The molecular weight excluding hydrogens is 399 g/mol. The van der Waals surface area contributed by atoms with Gasteiger partial charge in [0.2, 0.25) is 10.0 Å². The van der Waals surface area contributed by atoms with Crippen LogP contribution in [0.4, 0.5) is 18.0 Å². The van der Waals surface area contributed by atoms with Crippen LogP contribution in [0.2, 0.25) is 0 Å². The Morgan fingerprint density at radius 1 is 1.07 bits per heavy atom. The van der Waals surface area contributed by atoms with Gasteiger partial charge in [0, 0.05) is 5.56 Å². The van der Waals surface area contributed by atoms with Crippen molar-refractivity contribution in [3.63, 3.8) is 0 Å². The van der Waals surface area contributed by atoms with E-state index in [1.165, 1.54) is 12.1 Å². The standard InChI is InChI=1S/C18H16F3NO5S/c1-12-2-8-15(9-3-12)28(24,25)22-10-17(11-26-16(23)27-17)13-4-6-14(7-5-13)18(19,20)21/h2-9,22H,10-11H2,1H3. The summed E-state index contributed by atoms with van der Waals surface area (Å²) in [6.45, 7) is 1.06. The summed E-state index contributed by atoms with van der Waals surface area (Å²) in [5, 5.41) is 0. The predicted molar refractivity (Wildman–Crippen MR) is 91.9 cm³/mol. The van der Waals surface area contributed by atoms with E-state index >= 15 is 0 Å². The van der Waals surface area contributed by atoms with Crippen molar-refractivity contribution in [2.24, 2.45) is 0 Å². The van der Waals surface area contributed by atoms with Crippen LogP contribution in [0.1, 0.15) is 16.7 Å². The fourth-order valence-corrected chi connectivity index (χ4v) is 3.78. The molecule has 1 heterocycles. The Balaban J connectivity index is 1.86. The molecule has 0 amide bonds. The SMILES string of the molecule is Cc1ccc(S(=O)(=O)NCC2(c3ccc(C(F)(F)F)cc3)COC(=O)O2)cc1. The lowest BCUT2D eigenvalue weighted by molar-refractivity contribution is -0.137. The molecule has 6 nitrogen and oxygen atoms in total. The molecule has 1 aliphatic heterocycles. The molecule has 0 aliphatic carbocycles. The van der Waals surface area contributed by atoms with Crippen molar-refractivity contribution in [3.05, 3.63) is 65.2 Å². The third kappa shape index (κ3) is 4.12. The zero-order valence-electron chi connectivity index (χ0n) is 14.6. The number of ether oxygens (including phenoxy) is 2. The second-order valence-corrected chi connectivity index (χ2v) is 8.11. The molecule has 2 aromatic rings. The first-order chi connectivity index (χ1) is 13.0. The highest BCUT2D eigenvalue weighted by Gasteiger charge is 2.45. The average Bonchev–Trinajstić information content (AvgIpc) is 3.02. The number of hydrogen-bond acceptors (Lipinski definition) is 5. The highest BCUT2D eigenvalue weighted by molar-refractivity contribution is 7.89. The third-order valence-corrected chi connectivity index (χ3v) is 5.74. The molecule has 1 unspecified atom stereocenters. The van der Waals surface area contributed by atoms with Crippen LogP contribution in [0.15, 0.2) is 53.4 Å². The second kappa shape index (κ2) is 7.10. The fraction of sp³-hybridized carbons (Fsp3) is 0.278. The molecule has 28 heavy (non-hydrogen) atoms. The summed E-state index contributed by atoms with van der Waals surface area (Å²) in [5.41, 5.74) is -1.40. The number of hydrogen-bond donors (Lipinski definition) is 1. The monoisotopic (exact) mass is 415 g/mol. The molecule has 1 saturated heterocycles. The van der Waals surface area contributed by atoms with Gasteiger partial charge in [0.25, 0.3) is 0 Å². The molecule has 3 rings (SSSR count). The molecule has 0 spiro atoms. The van der Waals surface area contributed by atoms with E-state index in [0.29, 0.717) is 0 Å². The number of alkyl halides is 3. The molecule has 0 saturated carbocycles. The van der Waals surface area contributed by atoms with Crippen LogP contribution in [0.5, 0.6) is 0 Å². The van der Waals surface area contributed by atoms with E-state index in [0.717, 1.165) is 29.8 Å². The molecular formula is C18H16F3NO5S. The highest BCUT2D eigenvalue weighted by atomic mass is 32.2. The molecule has 1 atom stereocenters. The van der Waals surface area contributed by atoms with Gasteiger partial charge in [-0.05, 0) is 31.2 Å². The maximum absolute atomic E-state index is 12.8. The van der Waals surface area contributed by atoms with Crippen molar-refractivity contribution in [1.29, 1.82) is 0 Å². The van der Waals surface area contributed by atoms with Crippen molar-refractivity contribution in [2.75, 3.05) is 13.2 Å². The van der Waals surface area contributed by atoms with Crippen LogP contribution in [0, 0.1) is 6.92 Å². The molecule has 0 aromatic heterocycles. The van der Waals surface area contributed by atoms with Crippen LogP contribution in [0.3, 0.4) is 0 Å². The van der Waals surface area contributed by atoms with Crippen LogP contribution in [-0.2, 0) is 31.3 Å². The number of cyclic esters (lactones) is 2. The third-order valence-electron chi connectivity index (χ3n) is 4.32. The summed E-state index contributed by atoms with van der Waals surface area (Å²) in [7, 11) is -3.94. The van der Waals surface area contributed by atoms with Crippen molar-refractivity contribution in [3.8, 4) is 0 Å². The Morgan fingerprint density at radius 2 is 1.68 bits per heavy atom. The number of aryl methyl sites for hydroxylation is 1. The Kier molecular flexibility index (Phi) is 5.11. The number of rotatable bonds is 5. The van der Waals surface area contributed by atoms with Gasteiger partial charge in [0.1, 0.15) is 6.61 Å². The second-order valence-electron chi connectivity index (χ2n) is 6.35. The summed E-state index contributed by atoms with van der Waals surface area (Å²) in [4.78, 5) is 11.5. The first kappa shape index (κ1) is 20.2. The quantitative estimate of drug-likeness (QED) is 0.758. The van der Waals surface area contributed by atoms with Gasteiger partial charge in [-0.2, -0.15) is 13.2 Å². The maximum Gasteiger partial charge on any atom is 0.509 e. The zero-order chi connectivity index (χ0) is 20.6. The number of nitrogens with one attached hydrogen (secondary N) is 1. The van der Waals surface area contributed by atoms with Gasteiger partial charge >= 0.3 is 12.3 Å². The summed E-state index contributed by atoms with van der Waals surface area (Å²) in [6, 6.07) is 10.0. The number of benzene rings is 2. The van der Waals surface area contributed by atoms with Crippen LogP contribution in [-0.4, -0.2) is 27.7 Å². The minimum absolute atomic E-state index is 0.00547. The van der Waals surface area contributed by atoms with E-state index in [9.17, 15) is 26.4 Å². The molecule has 10 heteroatoms. The maximum atomic E-state index is 12.8. The van der Waals surface area contributed by atoms with Crippen molar-refractivity contribution in [2.45, 2.75) is 23.6 Å². The number of carbonyl (C=O) groups excluding carboxylic acids is 1. The first-order valence-electron chi connectivity index (χ1n) is 8.12. The molecule has 150 valence electrons. The number of halogens is 3. The summed E-state index contributed by atoms with van der Waals surface area (Å²) >= 11 is 0. The van der Waals surface area contributed by atoms with E-state index in [-0.39, 0.29) is 17.1 Å². The van der Waals surface area contributed by atoms with Gasteiger partial charge in [-0.25, -0.2) is 17.9 Å². The fourth-order valence-electron chi connectivity index (χ4n) is 2.70. The minimum atomic E-state index is -4.53. The Labute approximate surface area is 159 Å². The predicted octanol–water partition coefficient (Wildman–Crippen LogP) is 3.35. The Bertz CT molecular complexity index is 972. The highest BCUT2D eigenvalue weighted by Crippen LogP contribution is 2.35. The summed E-state index contributed by atoms with van der Waals surface area (Å²) in [5.74, 6) is 0. The largest absolute Gasteiger partial charge is 0.509 e. The molecule has 0 radical (unpaired) electrons. The zero-order valence-corrected chi connectivity index (χ0v) is 15.4. The van der Waals surface area contributed by atoms with Crippen LogP contribution in [0.25, 0.3) is 0 Å². The summed E-state index contributed by atoms with van der Waals surface area (Å²) < 4.78 is 75.6.